The number of likely N-dealkylation sites (tertiary alicyclic amines) is 2. The highest BCUT2D eigenvalue weighted by molar-refractivity contribution is 5.83. The summed E-state index contributed by atoms with van der Waals surface area (Å²) < 4.78 is 0. The average molecular weight is 355 g/mol. The van der Waals surface area contributed by atoms with Crippen molar-refractivity contribution in [2.45, 2.75) is 74.1 Å². The van der Waals surface area contributed by atoms with Crippen molar-refractivity contribution in [2.24, 2.45) is 17.3 Å². The summed E-state index contributed by atoms with van der Waals surface area (Å²) >= 11 is 0. The van der Waals surface area contributed by atoms with Crippen LogP contribution in [0.25, 0.3) is 0 Å². The van der Waals surface area contributed by atoms with E-state index in [4.69, 9.17) is 0 Å². The van der Waals surface area contributed by atoms with E-state index in [0.29, 0.717) is 11.7 Å². The molecule has 0 aromatic rings. The number of Topliss-reactive ketones (excluding diaryl/α,β-unsaturated/α-hetero) is 1. The summed E-state index contributed by atoms with van der Waals surface area (Å²) in [6.45, 7) is 17.5. The third-order valence-corrected chi connectivity index (χ3v) is 5.45. The Morgan fingerprint density at radius 3 is 1.88 bits per heavy atom. The minimum absolute atomic E-state index is 0.174. The fraction of sp³-hybridized carbons (Fsp3) is 0.905. The second-order valence-electron chi connectivity index (χ2n) is 6.82. The summed E-state index contributed by atoms with van der Waals surface area (Å²) in [6.07, 6.45) is 4.04. The van der Waals surface area contributed by atoms with Crippen molar-refractivity contribution in [2.75, 3.05) is 33.2 Å². The molecule has 3 fully saturated rings. The van der Waals surface area contributed by atoms with Gasteiger partial charge in [-0.3, -0.25) is 9.59 Å². The van der Waals surface area contributed by atoms with Gasteiger partial charge in [0.1, 0.15) is 5.78 Å². The van der Waals surface area contributed by atoms with Gasteiger partial charge in [-0.2, -0.15) is 0 Å². The molecule has 2 aliphatic heterocycles. The highest BCUT2D eigenvalue weighted by Crippen LogP contribution is 2.58. The molecule has 0 aromatic carbocycles. The van der Waals surface area contributed by atoms with Crippen molar-refractivity contribution in [1.29, 1.82) is 0 Å². The van der Waals surface area contributed by atoms with Crippen molar-refractivity contribution in [3.05, 3.63) is 0 Å². The molecule has 2 heterocycles. The number of carbonyl (C=O) groups excluding carboxylic acids is 2. The van der Waals surface area contributed by atoms with Crippen LogP contribution in [0.3, 0.4) is 0 Å². The second-order valence-corrected chi connectivity index (χ2v) is 6.82. The van der Waals surface area contributed by atoms with E-state index in [1.165, 1.54) is 0 Å². The van der Waals surface area contributed by atoms with E-state index in [1.54, 1.807) is 6.92 Å². The summed E-state index contributed by atoms with van der Waals surface area (Å²) in [5.41, 5.74) is 0.174. The summed E-state index contributed by atoms with van der Waals surface area (Å²) in [5.74, 6) is 1.12. The lowest BCUT2D eigenvalue weighted by molar-refractivity contribution is -0.136. The summed E-state index contributed by atoms with van der Waals surface area (Å²) in [6, 6.07) is 0. The second kappa shape index (κ2) is 11.7. The monoisotopic (exact) mass is 354 g/mol. The number of hydrogen-bond donors (Lipinski definition) is 0. The number of amides is 1. The van der Waals surface area contributed by atoms with Crippen molar-refractivity contribution in [1.82, 2.24) is 9.80 Å². The van der Waals surface area contributed by atoms with E-state index < -0.39 is 0 Å². The van der Waals surface area contributed by atoms with Crippen molar-refractivity contribution < 1.29 is 9.59 Å². The highest BCUT2D eigenvalue weighted by Gasteiger charge is 2.60. The van der Waals surface area contributed by atoms with Crippen molar-refractivity contribution in [3.8, 4) is 0 Å². The Morgan fingerprint density at radius 1 is 0.920 bits per heavy atom. The van der Waals surface area contributed by atoms with Crippen LogP contribution in [0.15, 0.2) is 0 Å². The molecule has 0 aromatic heterocycles. The van der Waals surface area contributed by atoms with Gasteiger partial charge in [-0.05, 0) is 52.7 Å². The fourth-order valence-corrected chi connectivity index (χ4v) is 3.97. The van der Waals surface area contributed by atoms with Crippen LogP contribution in [0.5, 0.6) is 0 Å². The summed E-state index contributed by atoms with van der Waals surface area (Å²) in [7, 11) is 2.12. The Kier molecular flexibility index (Phi) is 11.2. The zero-order valence-corrected chi connectivity index (χ0v) is 18.0. The van der Waals surface area contributed by atoms with Crippen LogP contribution in [0, 0.1) is 17.3 Å². The molecule has 1 saturated carbocycles. The number of nitrogens with zero attached hydrogens (tertiary/aromatic N) is 2. The average Bonchev–Trinajstić information content (AvgIpc) is 3.21. The van der Waals surface area contributed by atoms with Crippen LogP contribution in [-0.4, -0.2) is 54.7 Å². The molecule has 0 N–H and O–H groups in total. The summed E-state index contributed by atoms with van der Waals surface area (Å²) in [4.78, 5) is 28.3. The van der Waals surface area contributed by atoms with Gasteiger partial charge in [0.15, 0.2) is 0 Å². The van der Waals surface area contributed by atoms with E-state index in [-0.39, 0.29) is 17.3 Å². The van der Waals surface area contributed by atoms with Gasteiger partial charge in [-0.15, -0.1) is 0 Å². The van der Waals surface area contributed by atoms with Gasteiger partial charge in [0, 0.05) is 30.3 Å². The Balaban J connectivity index is 0.000000871. The lowest BCUT2D eigenvalue weighted by Gasteiger charge is -2.31. The molecule has 3 rings (SSSR count). The smallest absolute Gasteiger partial charge is 0.225 e. The van der Waals surface area contributed by atoms with Crippen molar-refractivity contribution in [3.63, 3.8) is 0 Å². The number of rotatable bonds is 2. The first-order valence-corrected chi connectivity index (χ1v) is 10.5. The summed E-state index contributed by atoms with van der Waals surface area (Å²) in [5, 5.41) is 0. The molecule has 4 nitrogen and oxygen atoms in total. The van der Waals surface area contributed by atoms with Gasteiger partial charge in [0.05, 0.1) is 0 Å². The maximum Gasteiger partial charge on any atom is 0.225 e. The molecule has 3 aliphatic rings. The highest BCUT2D eigenvalue weighted by atomic mass is 16.2. The first-order chi connectivity index (χ1) is 12.0. The predicted molar refractivity (Wildman–Crippen MR) is 107 cm³/mol. The SMILES string of the molecule is CC.CC.CC.CC(=O)C1CC12CCN(C(=O)C1CCN(C)CC1)C2. The van der Waals surface area contributed by atoms with Crippen LogP contribution >= 0.6 is 0 Å². The lowest BCUT2D eigenvalue weighted by atomic mass is 9.95. The quantitative estimate of drug-likeness (QED) is 0.745. The Morgan fingerprint density at radius 2 is 1.44 bits per heavy atom. The van der Waals surface area contributed by atoms with Crippen LogP contribution in [0.2, 0.25) is 0 Å². The van der Waals surface area contributed by atoms with Gasteiger partial charge in [-0.25, -0.2) is 0 Å². The molecule has 25 heavy (non-hydrogen) atoms. The van der Waals surface area contributed by atoms with Crippen LogP contribution < -0.4 is 0 Å². The molecule has 4 heteroatoms. The van der Waals surface area contributed by atoms with Gasteiger partial charge < -0.3 is 9.80 Å². The van der Waals surface area contributed by atoms with E-state index in [2.05, 4.69) is 11.9 Å². The molecule has 148 valence electrons. The zero-order chi connectivity index (χ0) is 19.6. The molecule has 0 radical (unpaired) electrons. The topological polar surface area (TPSA) is 40.6 Å². The molecule has 2 saturated heterocycles. The zero-order valence-electron chi connectivity index (χ0n) is 18.0. The third-order valence-electron chi connectivity index (χ3n) is 5.45. The lowest BCUT2D eigenvalue weighted by Crippen LogP contribution is -2.40. The van der Waals surface area contributed by atoms with E-state index >= 15 is 0 Å². The molecule has 2 unspecified atom stereocenters. The number of carbonyl (C=O) groups is 2. The van der Waals surface area contributed by atoms with Crippen LogP contribution in [-0.2, 0) is 9.59 Å². The first kappa shape index (κ1) is 24.1. The normalized spacial score (nSPS) is 28.0. The van der Waals surface area contributed by atoms with Gasteiger partial charge in [-0.1, -0.05) is 41.5 Å². The minimum Gasteiger partial charge on any atom is -0.342 e. The molecular weight excluding hydrogens is 312 g/mol. The number of piperidine rings is 1. The maximum absolute atomic E-state index is 12.5. The molecule has 2 atom stereocenters. The third kappa shape index (κ3) is 6.09. The Hall–Kier alpha value is -0.900. The molecule has 1 spiro atoms. The van der Waals surface area contributed by atoms with Crippen LogP contribution in [0.1, 0.15) is 74.1 Å². The number of ketones is 1. The molecule has 0 bridgehead atoms. The molecule has 1 aliphatic carbocycles. The van der Waals surface area contributed by atoms with Crippen LogP contribution in [0.4, 0.5) is 0 Å². The van der Waals surface area contributed by atoms with Gasteiger partial charge in [0.25, 0.3) is 0 Å². The maximum atomic E-state index is 12.5. The predicted octanol–water partition coefficient (Wildman–Crippen LogP) is 4.23. The molecule has 1 amide bonds. The Labute approximate surface area is 156 Å². The fourth-order valence-electron chi connectivity index (χ4n) is 3.97. The van der Waals surface area contributed by atoms with E-state index in [1.807, 2.05) is 46.4 Å². The van der Waals surface area contributed by atoms with Gasteiger partial charge in [0.2, 0.25) is 5.91 Å². The Bertz CT molecular complexity index is 403. The van der Waals surface area contributed by atoms with Crippen molar-refractivity contribution >= 4 is 11.7 Å². The first-order valence-electron chi connectivity index (χ1n) is 10.5. The van der Waals surface area contributed by atoms with Gasteiger partial charge >= 0.3 is 0 Å². The minimum atomic E-state index is 0.174. The standard InChI is InChI=1S/C15H24N2O2.3C2H6/c1-11(18)13-9-15(13)5-8-17(10-15)14(19)12-3-6-16(2)7-4-12;3*1-2/h12-13H,3-10H2,1-2H3;3*1-2H3. The largest absolute Gasteiger partial charge is 0.342 e. The molecular formula is C21H42N2O2. The van der Waals surface area contributed by atoms with E-state index in [9.17, 15) is 9.59 Å². The number of hydrogen-bond acceptors (Lipinski definition) is 3. The van der Waals surface area contributed by atoms with E-state index in [0.717, 1.165) is 51.9 Å².